The highest BCUT2D eigenvalue weighted by Gasteiger charge is 2.04. The normalized spacial score (nSPS) is 10.2. The average Bonchev–Trinajstić information content (AvgIpc) is 2.20. The highest BCUT2D eigenvalue weighted by atomic mass is 35.5. The number of nitrogens with zero attached hydrogens (tertiary/aromatic N) is 1. The standard InChI is InChI=1S/C12H11Cl2N.ClH/c1-2-3-9-7-11(14)10-6-8(13)4-5-12(10)15-9;/h4-7H,2-3H2,1H3;1H. The molecule has 4 heteroatoms. The van der Waals surface area contributed by atoms with Gasteiger partial charge in [-0.1, -0.05) is 36.5 Å². The Morgan fingerprint density at radius 1 is 1.19 bits per heavy atom. The van der Waals surface area contributed by atoms with Gasteiger partial charge in [0, 0.05) is 16.1 Å². The predicted molar refractivity (Wildman–Crippen MR) is 73.0 cm³/mol. The summed E-state index contributed by atoms with van der Waals surface area (Å²) in [7, 11) is 0. The molecule has 0 saturated carbocycles. The van der Waals surface area contributed by atoms with Crippen LogP contribution in [0.1, 0.15) is 19.0 Å². The van der Waals surface area contributed by atoms with E-state index >= 15 is 0 Å². The zero-order valence-corrected chi connectivity index (χ0v) is 11.2. The molecule has 0 fully saturated rings. The summed E-state index contributed by atoms with van der Waals surface area (Å²) in [5.74, 6) is 0. The molecule has 16 heavy (non-hydrogen) atoms. The molecule has 0 aliphatic heterocycles. The molecule has 1 nitrogen and oxygen atoms in total. The maximum Gasteiger partial charge on any atom is 0.0721 e. The molecule has 1 aromatic heterocycles. The smallest absolute Gasteiger partial charge is 0.0721 e. The van der Waals surface area contributed by atoms with Crippen LogP contribution in [-0.4, -0.2) is 4.98 Å². The van der Waals surface area contributed by atoms with Crippen molar-refractivity contribution in [1.82, 2.24) is 4.98 Å². The summed E-state index contributed by atoms with van der Waals surface area (Å²) in [6, 6.07) is 7.51. The van der Waals surface area contributed by atoms with Crippen molar-refractivity contribution < 1.29 is 0 Å². The quantitative estimate of drug-likeness (QED) is 0.759. The first-order valence-corrected chi connectivity index (χ1v) is 5.71. The molecule has 1 heterocycles. The van der Waals surface area contributed by atoms with E-state index in [-0.39, 0.29) is 12.4 Å². The van der Waals surface area contributed by atoms with E-state index in [0.29, 0.717) is 5.02 Å². The maximum atomic E-state index is 6.17. The van der Waals surface area contributed by atoms with Gasteiger partial charge in [-0.3, -0.25) is 4.98 Å². The lowest BCUT2D eigenvalue weighted by molar-refractivity contribution is 0.890. The Morgan fingerprint density at radius 2 is 1.94 bits per heavy atom. The van der Waals surface area contributed by atoms with Gasteiger partial charge in [-0.05, 0) is 30.7 Å². The Balaban J connectivity index is 0.00000128. The van der Waals surface area contributed by atoms with Gasteiger partial charge in [0.2, 0.25) is 0 Å². The minimum absolute atomic E-state index is 0. The lowest BCUT2D eigenvalue weighted by atomic mass is 10.1. The second-order valence-corrected chi connectivity index (χ2v) is 4.35. The number of halogens is 3. The molecule has 0 saturated heterocycles. The third kappa shape index (κ3) is 2.79. The predicted octanol–water partition coefficient (Wildman–Crippen LogP) is 4.92. The third-order valence-electron chi connectivity index (χ3n) is 2.28. The summed E-state index contributed by atoms with van der Waals surface area (Å²) in [5.41, 5.74) is 1.95. The molecule has 2 rings (SSSR count). The molecule has 0 N–H and O–H groups in total. The fourth-order valence-electron chi connectivity index (χ4n) is 1.59. The van der Waals surface area contributed by atoms with Crippen molar-refractivity contribution in [3.8, 4) is 0 Å². The van der Waals surface area contributed by atoms with E-state index < -0.39 is 0 Å². The van der Waals surface area contributed by atoms with E-state index in [1.54, 1.807) is 0 Å². The second kappa shape index (κ2) is 5.72. The van der Waals surface area contributed by atoms with Crippen LogP contribution in [0.15, 0.2) is 24.3 Å². The number of benzene rings is 1. The fraction of sp³-hybridized carbons (Fsp3) is 0.250. The molecule has 0 aliphatic carbocycles. The Kier molecular flexibility index (Phi) is 4.85. The number of aromatic nitrogens is 1. The molecule has 0 radical (unpaired) electrons. The van der Waals surface area contributed by atoms with Crippen molar-refractivity contribution in [3.05, 3.63) is 40.0 Å². The second-order valence-electron chi connectivity index (χ2n) is 3.51. The van der Waals surface area contributed by atoms with Crippen molar-refractivity contribution in [2.24, 2.45) is 0 Å². The van der Waals surface area contributed by atoms with Gasteiger partial charge in [0.15, 0.2) is 0 Å². The molecule has 0 aliphatic rings. The van der Waals surface area contributed by atoms with Crippen molar-refractivity contribution in [2.45, 2.75) is 19.8 Å². The number of hydrogen-bond donors (Lipinski definition) is 0. The van der Waals surface area contributed by atoms with Crippen LogP contribution < -0.4 is 0 Å². The van der Waals surface area contributed by atoms with Crippen LogP contribution in [0.3, 0.4) is 0 Å². The first kappa shape index (κ1) is 13.6. The zero-order chi connectivity index (χ0) is 10.8. The van der Waals surface area contributed by atoms with Crippen LogP contribution in [0, 0.1) is 0 Å². The molecule has 0 atom stereocenters. The summed E-state index contributed by atoms with van der Waals surface area (Å²) >= 11 is 12.1. The van der Waals surface area contributed by atoms with Crippen molar-refractivity contribution >= 4 is 46.5 Å². The highest BCUT2D eigenvalue weighted by molar-refractivity contribution is 6.36. The van der Waals surface area contributed by atoms with Gasteiger partial charge in [0.1, 0.15) is 0 Å². The zero-order valence-electron chi connectivity index (χ0n) is 8.84. The van der Waals surface area contributed by atoms with Gasteiger partial charge >= 0.3 is 0 Å². The minimum Gasteiger partial charge on any atom is -0.253 e. The van der Waals surface area contributed by atoms with Crippen LogP contribution in [0.2, 0.25) is 10.0 Å². The number of hydrogen-bond acceptors (Lipinski definition) is 1. The van der Waals surface area contributed by atoms with E-state index in [1.165, 1.54) is 0 Å². The Hall–Kier alpha value is -0.500. The summed E-state index contributed by atoms with van der Waals surface area (Å²) in [6.45, 7) is 2.13. The first-order chi connectivity index (χ1) is 7.20. The number of pyridine rings is 1. The topological polar surface area (TPSA) is 12.9 Å². The number of aryl methyl sites for hydroxylation is 1. The van der Waals surface area contributed by atoms with E-state index in [1.807, 2.05) is 24.3 Å². The van der Waals surface area contributed by atoms with Gasteiger partial charge in [-0.25, -0.2) is 0 Å². The van der Waals surface area contributed by atoms with E-state index in [0.717, 1.165) is 34.5 Å². The van der Waals surface area contributed by atoms with Gasteiger partial charge in [-0.15, -0.1) is 12.4 Å². The molecular weight excluding hydrogens is 264 g/mol. The van der Waals surface area contributed by atoms with Crippen LogP contribution in [0.4, 0.5) is 0 Å². The minimum atomic E-state index is 0. The van der Waals surface area contributed by atoms with E-state index in [2.05, 4.69) is 11.9 Å². The Bertz CT molecular complexity index is 497. The van der Waals surface area contributed by atoms with Crippen LogP contribution in [0.25, 0.3) is 10.9 Å². The fourth-order valence-corrected chi connectivity index (χ4v) is 2.04. The molecule has 0 spiro atoms. The van der Waals surface area contributed by atoms with E-state index in [4.69, 9.17) is 23.2 Å². The first-order valence-electron chi connectivity index (χ1n) is 4.95. The Labute approximate surface area is 111 Å². The SMILES string of the molecule is CCCc1cc(Cl)c2cc(Cl)ccc2n1.Cl. The van der Waals surface area contributed by atoms with Crippen LogP contribution >= 0.6 is 35.6 Å². The molecule has 86 valence electrons. The van der Waals surface area contributed by atoms with Gasteiger partial charge in [0.25, 0.3) is 0 Å². The van der Waals surface area contributed by atoms with E-state index in [9.17, 15) is 0 Å². The molecule has 2 aromatic rings. The monoisotopic (exact) mass is 275 g/mol. The molecule has 1 aromatic carbocycles. The maximum absolute atomic E-state index is 6.17. The lowest BCUT2D eigenvalue weighted by Crippen LogP contribution is -1.90. The molecular formula is C12H12Cl3N. The average molecular weight is 277 g/mol. The molecule has 0 bridgehead atoms. The van der Waals surface area contributed by atoms with Gasteiger partial charge < -0.3 is 0 Å². The van der Waals surface area contributed by atoms with Crippen LogP contribution in [-0.2, 0) is 6.42 Å². The van der Waals surface area contributed by atoms with Crippen molar-refractivity contribution in [3.63, 3.8) is 0 Å². The number of fused-ring (bicyclic) bond motifs is 1. The third-order valence-corrected chi connectivity index (χ3v) is 2.83. The largest absolute Gasteiger partial charge is 0.253 e. The lowest BCUT2D eigenvalue weighted by Gasteiger charge is -2.04. The van der Waals surface area contributed by atoms with Gasteiger partial charge in [0.05, 0.1) is 10.5 Å². The van der Waals surface area contributed by atoms with Gasteiger partial charge in [-0.2, -0.15) is 0 Å². The summed E-state index contributed by atoms with van der Waals surface area (Å²) in [6.07, 6.45) is 2.03. The Morgan fingerprint density at radius 3 is 2.62 bits per heavy atom. The number of rotatable bonds is 2. The van der Waals surface area contributed by atoms with Crippen molar-refractivity contribution in [1.29, 1.82) is 0 Å². The van der Waals surface area contributed by atoms with Crippen LogP contribution in [0.5, 0.6) is 0 Å². The summed E-state index contributed by atoms with van der Waals surface area (Å²) in [4.78, 5) is 4.52. The highest BCUT2D eigenvalue weighted by Crippen LogP contribution is 2.26. The molecule has 0 amide bonds. The van der Waals surface area contributed by atoms with Crippen molar-refractivity contribution in [2.75, 3.05) is 0 Å². The summed E-state index contributed by atoms with van der Waals surface area (Å²) in [5, 5.41) is 2.34. The summed E-state index contributed by atoms with van der Waals surface area (Å²) < 4.78 is 0. The molecule has 0 unspecified atom stereocenters.